The maximum Gasteiger partial charge on any atom is 0.434 e. The average Bonchev–Trinajstić information content (AvgIpc) is 3.13. The number of likely N-dealkylation sites (tertiary alicyclic amines) is 1. The zero-order valence-corrected chi connectivity index (χ0v) is 14.1. The van der Waals surface area contributed by atoms with Crippen molar-refractivity contribution in [2.75, 3.05) is 13.1 Å². The third kappa shape index (κ3) is 3.85. The Morgan fingerprint density at radius 3 is 2.72 bits per heavy atom. The Morgan fingerprint density at radius 1 is 1.36 bits per heavy atom. The lowest BCUT2D eigenvalue weighted by molar-refractivity contribution is -0.141. The van der Waals surface area contributed by atoms with Crippen molar-refractivity contribution in [3.05, 3.63) is 35.7 Å². The molecule has 1 aliphatic heterocycles. The molecule has 9 heteroatoms. The minimum absolute atomic E-state index is 0.0614. The lowest BCUT2D eigenvalue weighted by Gasteiger charge is -2.32. The van der Waals surface area contributed by atoms with Crippen molar-refractivity contribution in [2.24, 2.45) is 14.1 Å². The number of carbonyl (C=O) groups is 1. The number of alkyl halides is 3. The van der Waals surface area contributed by atoms with Crippen LogP contribution in [-0.4, -0.2) is 43.2 Å². The molecule has 1 unspecified atom stereocenters. The van der Waals surface area contributed by atoms with Crippen LogP contribution in [-0.2, 0) is 31.5 Å². The highest BCUT2D eigenvalue weighted by molar-refractivity contribution is 5.78. The van der Waals surface area contributed by atoms with Crippen LogP contribution in [0.25, 0.3) is 0 Å². The number of aryl methyl sites for hydroxylation is 2. The number of rotatable bonds is 3. The highest BCUT2D eigenvalue weighted by atomic mass is 19.4. The van der Waals surface area contributed by atoms with Gasteiger partial charge in [-0.05, 0) is 18.9 Å². The van der Waals surface area contributed by atoms with Crippen LogP contribution in [0.2, 0.25) is 0 Å². The maximum absolute atomic E-state index is 12.8. The third-order valence-electron chi connectivity index (χ3n) is 4.44. The molecule has 1 atom stereocenters. The van der Waals surface area contributed by atoms with E-state index in [1.165, 1.54) is 4.57 Å². The fourth-order valence-electron chi connectivity index (χ4n) is 3.24. The molecule has 0 radical (unpaired) electrons. The number of nitrogens with zero attached hydrogens (tertiary/aromatic N) is 5. The van der Waals surface area contributed by atoms with E-state index in [1.54, 1.807) is 35.9 Å². The molecule has 25 heavy (non-hydrogen) atoms. The Balaban J connectivity index is 1.71. The fraction of sp³-hybridized carbons (Fsp3) is 0.562. The summed E-state index contributed by atoms with van der Waals surface area (Å²) in [4.78, 5) is 17.9. The molecule has 6 nitrogen and oxygen atoms in total. The summed E-state index contributed by atoms with van der Waals surface area (Å²) in [6, 6.07) is 1.79. The van der Waals surface area contributed by atoms with Crippen LogP contribution < -0.4 is 0 Å². The van der Waals surface area contributed by atoms with Gasteiger partial charge in [0.1, 0.15) is 5.82 Å². The molecule has 0 saturated carbocycles. The fourth-order valence-corrected chi connectivity index (χ4v) is 3.24. The Kier molecular flexibility index (Phi) is 4.57. The Hall–Kier alpha value is -2.32. The van der Waals surface area contributed by atoms with Crippen molar-refractivity contribution in [1.82, 2.24) is 24.2 Å². The minimum Gasteiger partial charge on any atom is -0.342 e. The van der Waals surface area contributed by atoms with Gasteiger partial charge in [-0.1, -0.05) is 0 Å². The van der Waals surface area contributed by atoms with Gasteiger partial charge in [-0.2, -0.15) is 18.3 Å². The van der Waals surface area contributed by atoms with Crippen molar-refractivity contribution in [2.45, 2.75) is 31.4 Å². The minimum atomic E-state index is -4.46. The average molecular weight is 355 g/mol. The first-order chi connectivity index (χ1) is 11.7. The Bertz CT molecular complexity index is 764. The quantitative estimate of drug-likeness (QED) is 0.848. The van der Waals surface area contributed by atoms with Gasteiger partial charge in [-0.3, -0.25) is 9.48 Å². The summed E-state index contributed by atoms with van der Waals surface area (Å²) in [6.07, 6.45) is -0.0262. The number of hydrogen-bond acceptors (Lipinski definition) is 3. The van der Waals surface area contributed by atoms with E-state index in [0.29, 0.717) is 24.6 Å². The summed E-state index contributed by atoms with van der Waals surface area (Å²) in [5, 5.41) is 4.19. The highest BCUT2D eigenvalue weighted by Crippen LogP contribution is 2.32. The van der Waals surface area contributed by atoms with Crippen LogP contribution in [0.15, 0.2) is 18.5 Å². The van der Waals surface area contributed by atoms with Gasteiger partial charge in [0.25, 0.3) is 0 Å². The lowest BCUT2D eigenvalue weighted by Crippen LogP contribution is -2.40. The van der Waals surface area contributed by atoms with Crippen molar-refractivity contribution in [1.29, 1.82) is 0 Å². The predicted octanol–water partition coefficient (Wildman–Crippen LogP) is 2.12. The summed E-state index contributed by atoms with van der Waals surface area (Å²) >= 11 is 0. The molecule has 0 N–H and O–H groups in total. The van der Waals surface area contributed by atoms with E-state index in [2.05, 4.69) is 10.1 Å². The SMILES string of the molecule is Cn1ccc(CC(=O)N2CCCC(c3nc(C(F)(F)F)cn3C)C2)n1. The van der Waals surface area contributed by atoms with Gasteiger partial charge in [-0.25, -0.2) is 4.98 Å². The summed E-state index contributed by atoms with van der Waals surface area (Å²) in [5.41, 5.74) is -0.201. The van der Waals surface area contributed by atoms with Crippen LogP contribution in [0.4, 0.5) is 13.2 Å². The molecule has 1 aliphatic rings. The van der Waals surface area contributed by atoms with E-state index < -0.39 is 11.9 Å². The van der Waals surface area contributed by atoms with Crippen LogP contribution in [0.3, 0.4) is 0 Å². The number of imidazole rings is 1. The third-order valence-corrected chi connectivity index (χ3v) is 4.44. The molecule has 136 valence electrons. The van der Waals surface area contributed by atoms with E-state index in [9.17, 15) is 18.0 Å². The summed E-state index contributed by atoms with van der Waals surface area (Å²) in [5.74, 6) is 0.124. The first-order valence-corrected chi connectivity index (χ1v) is 8.11. The van der Waals surface area contributed by atoms with E-state index in [0.717, 1.165) is 19.0 Å². The number of carbonyl (C=O) groups excluding carboxylic acids is 1. The van der Waals surface area contributed by atoms with Crippen LogP contribution in [0.5, 0.6) is 0 Å². The van der Waals surface area contributed by atoms with Gasteiger partial charge >= 0.3 is 6.18 Å². The second-order valence-corrected chi connectivity index (χ2v) is 6.43. The molecular formula is C16H20F3N5O. The zero-order valence-electron chi connectivity index (χ0n) is 14.1. The molecule has 1 saturated heterocycles. The molecule has 0 bridgehead atoms. The molecular weight excluding hydrogens is 335 g/mol. The smallest absolute Gasteiger partial charge is 0.342 e. The molecule has 1 fully saturated rings. The van der Waals surface area contributed by atoms with Crippen LogP contribution in [0.1, 0.15) is 36.0 Å². The first kappa shape index (κ1) is 17.5. The van der Waals surface area contributed by atoms with Crippen molar-refractivity contribution in [3.63, 3.8) is 0 Å². The molecule has 3 heterocycles. The monoisotopic (exact) mass is 355 g/mol. The predicted molar refractivity (Wildman–Crippen MR) is 83.7 cm³/mol. The van der Waals surface area contributed by atoms with Gasteiger partial charge < -0.3 is 9.47 Å². The normalized spacial score (nSPS) is 18.6. The maximum atomic E-state index is 12.8. The van der Waals surface area contributed by atoms with E-state index in [-0.39, 0.29) is 18.2 Å². The van der Waals surface area contributed by atoms with E-state index in [4.69, 9.17) is 0 Å². The van der Waals surface area contributed by atoms with Gasteiger partial charge in [-0.15, -0.1) is 0 Å². The number of aromatic nitrogens is 4. The topological polar surface area (TPSA) is 56.0 Å². The summed E-state index contributed by atoms with van der Waals surface area (Å²) in [6.45, 7) is 0.993. The van der Waals surface area contributed by atoms with Gasteiger partial charge in [0.15, 0.2) is 5.69 Å². The van der Waals surface area contributed by atoms with Gasteiger partial charge in [0, 0.05) is 45.5 Å². The largest absolute Gasteiger partial charge is 0.434 e. The zero-order chi connectivity index (χ0) is 18.2. The van der Waals surface area contributed by atoms with Gasteiger partial charge in [0.05, 0.1) is 12.1 Å². The Labute approximate surface area is 143 Å². The molecule has 1 amide bonds. The molecule has 2 aromatic heterocycles. The molecule has 3 rings (SSSR count). The van der Waals surface area contributed by atoms with Crippen LogP contribution in [0, 0.1) is 0 Å². The Morgan fingerprint density at radius 2 is 2.12 bits per heavy atom. The summed E-state index contributed by atoms with van der Waals surface area (Å²) < 4.78 is 41.6. The molecule has 0 aromatic carbocycles. The van der Waals surface area contributed by atoms with Crippen LogP contribution >= 0.6 is 0 Å². The van der Waals surface area contributed by atoms with Crippen molar-refractivity contribution < 1.29 is 18.0 Å². The van der Waals surface area contributed by atoms with Crippen molar-refractivity contribution >= 4 is 5.91 Å². The van der Waals surface area contributed by atoms with Gasteiger partial charge in [0.2, 0.25) is 5.91 Å². The lowest BCUT2D eigenvalue weighted by atomic mass is 9.96. The number of halogens is 3. The number of hydrogen-bond donors (Lipinski definition) is 0. The van der Waals surface area contributed by atoms with Crippen molar-refractivity contribution in [3.8, 4) is 0 Å². The highest BCUT2D eigenvalue weighted by Gasteiger charge is 2.36. The molecule has 0 aliphatic carbocycles. The standard InChI is InChI=1S/C16H20F3N5O/c1-22-10-13(16(17,18)19)20-15(22)11-4-3-6-24(9-11)14(25)8-12-5-7-23(2)21-12/h5,7,10-11H,3-4,6,8-9H2,1-2H3. The molecule has 0 spiro atoms. The van der Waals surface area contributed by atoms with E-state index >= 15 is 0 Å². The second kappa shape index (κ2) is 6.53. The summed E-state index contributed by atoms with van der Waals surface area (Å²) in [7, 11) is 3.34. The number of piperidine rings is 1. The second-order valence-electron chi connectivity index (χ2n) is 6.43. The molecule has 2 aromatic rings. The number of amides is 1. The first-order valence-electron chi connectivity index (χ1n) is 8.11. The van der Waals surface area contributed by atoms with E-state index in [1.807, 2.05) is 0 Å².